The van der Waals surface area contributed by atoms with E-state index in [1.54, 1.807) is 0 Å². The van der Waals surface area contributed by atoms with Gasteiger partial charge in [0.15, 0.2) is 0 Å². The van der Waals surface area contributed by atoms with Crippen molar-refractivity contribution in [2.75, 3.05) is 6.54 Å². The minimum atomic E-state index is -0.106. The van der Waals surface area contributed by atoms with Crippen molar-refractivity contribution in [2.24, 2.45) is 5.92 Å². The molecule has 0 aromatic heterocycles. The molecular formula is C16H18N2O. The zero-order chi connectivity index (χ0) is 13.2. The number of nitrogens with one attached hydrogen (secondary N) is 1. The first-order valence-electron chi connectivity index (χ1n) is 6.85. The van der Waals surface area contributed by atoms with E-state index in [1.165, 1.54) is 12.8 Å². The number of hydrogen-bond donors (Lipinski definition) is 1. The van der Waals surface area contributed by atoms with E-state index in [1.807, 2.05) is 29.2 Å². The van der Waals surface area contributed by atoms with Crippen LogP contribution in [0, 0.1) is 11.3 Å². The van der Waals surface area contributed by atoms with E-state index >= 15 is 0 Å². The first-order chi connectivity index (χ1) is 9.25. The van der Waals surface area contributed by atoms with Crippen molar-refractivity contribution in [3.63, 3.8) is 0 Å². The van der Waals surface area contributed by atoms with Gasteiger partial charge in [0, 0.05) is 13.0 Å². The summed E-state index contributed by atoms with van der Waals surface area (Å²) in [5.74, 6) is 0.528. The highest BCUT2D eigenvalue weighted by Gasteiger charge is 2.33. The summed E-state index contributed by atoms with van der Waals surface area (Å²) in [6, 6.07) is 10.1. The normalized spacial score (nSPS) is 23.6. The van der Waals surface area contributed by atoms with Crippen LogP contribution in [0.1, 0.15) is 30.9 Å². The van der Waals surface area contributed by atoms with Crippen molar-refractivity contribution in [3.8, 4) is 0 Å². The maximum absolute atomic E-state index is 12.4. The standard InChI is InChI=1S/C16H18N2O/c17-14-7-4-8-15(13-5-2-1-3-6-13)18(16(14)19)11-12-9-10-12/h1-6,8,12,15,17H,7,9-11H2/t15-/m0/s1. The van der Waals surface area contributed by atoms with Gasteiger partial charge in [0.1, 0.15) is 5.71 Å². The molecule has 0 radical (unpaired) electrons. The van der Waals surface area contributed by atoms with Gasteiger partial charge in [0.05, 0.1) is 6.04 Å². The van der Waals surface area contributed by atoms with Crippen molar-refractivity contribution in [2.45, 2.75) is 25.3 Å². The van der Waals surface area contributed by atoms with Crippen LogP contribution in [0.2, 0.25) is 0 Å². The van der Waals surface area contributed by atoms with Crippen LogP contribution in [-0.4, -0.2) is 23.1 Å². The molecule has 0 unspecified atom stereocenters. The van der Waals surface area contributed by atoms with Crippen LogP contribution in [0.25, 0.3) is 0 Å². The topological polar surface area (TPSA) is 44.2 Å². The number of nitrogens with zero attached hydrogens (tertiary/aromatic N) is 1. The molecule has 0 spiro atoms. The predicted molar refractivity (Wildman–Crippen MR) is 75.1 cm³/mol. The Morgan fingerprint density at radius 3 is 2.63 bits per heavy atom. The Morgan fingerprint density at radius 1 is 1.21 bits per heavy atom. The van der Waals surface area contributed by atoms with E-state index in [9.17, 15) is 4.79 Å². The van der Waals surface area contributed by atoms with Crippen LogP contribution in [0.5, 0.6) is 0 Å². The molecule has 1 aromatic carbocycles. The highest BCUT2D eigenvalue weighted by atomic mass is 16.2. The van der Waals surface area contributed by atoms with Crippen LogP contribution < -0.4 is 0 Å². The molecule has 1 aromatic rings. The van der Waals surface area contributed by atoms with Gasteiger partial charge in [0.25, 0.3) is 5.91 Å². The number of amides is 1. The van der Waals surface area contributed by atoms with E-state index in [0.29, 0.717) is 12.3 Å². The van der Waals surface area contributed by atoms with Crippen LogP contribution in [0.3, 0.4) is 0 Å². The Kier molecular flexibility index (Phi) is 3.20. The molecule has 1 heterocycles. The molecule has 3 rings (SSSR count). The SMILES string of the molecule is N=C1CC=C[C@@H](c2ccccc2)N(CC2CC2)C1=O. The van der Waals surface area contributed by atoms with Crippen molar-refractivity contribution < 1.29 is 4.79 Å². The minimum Gasteiger partial charge on any atom is -0.327 e. The smallest absolute Gasteiger partial charge is 0.268 e. The molecule has 0 saturated heterocycles. The molecular weight excluding hydrogens is 236 g/mol. The molecule has 19 heavy (non-hydrogen) atoms. The summed E-state index contributed by atoms with van der Waals surface area (Å²) in [4.78, 5) is 14.2. The summed E-state index contributed by atoms with van der Waals surface area (Å²) < 4.78 is 0. The van der Waals surface area contributed by atoms with Crippen molar-refractivity contribution in [1.29, 1.82) is 5.41 Å². The fraction of sp³-hybridized carbons (Fsp3) is 0.375. The summed E-state index contributed by atoms with van der Waals surface area (Å²) in [5, 5.41) is 7.84. The zero-order valence-corrected chi connectivity index (χ0v) is 10.9. The number of allylic oxidation sites excluding steroid dienone is 1. The molecule has 1 amide bonds. The second kappa shape index (κ2) is 5.00. The van der Waals surface area contributed by atoms with Crippen molar-refractivity contribution in [1.82, 2.24) is 4.90 Å². The van der Waals surface area contributed by atoms with Crippen LogP contribution >= 0.6 is 0 Å². The van der Waals surface area contributed by atoms with E-state index in [4.69, 9.17) is 5.41 Å². The van der Waals surface area contributed by atoms with Crippen LogP contribution in [0.15, 0.2) is 42.5 Å². The third-order valence-corrected chi connectivity index (χ3v) is 3.79. The molecule has 2 aliphatic rings. The summed E-state index contributed by atoms with van der Waals surface area (Å²) in [7, 11) is 0. The average molecular weight is 254 g/mol. The molecule has 0 bridgehead atoms. The van der Waals surface area contributed by atoms with Crippen molar-refractivity contribution >= 4 is 11.6 Å². The molecule has 3 heteroatoms. The Labute approximate surface area is 113 Å². The van der Waals surface area contributed by atoms with Gasteiger partial charge in [-0.2, -0.15) is 0 Å². The quantitative estimate of drug-likeness (QED) is 0.828. The molecule has 1 saturated carbocycles. The fourth-order valence-electron chi connectivity index (χ4n) is 2.52. The van der Waals surface area contributed by atoms with Gasteiger partial charge in [-0.3, -0.25) is 10.2 Å². The van der Waals surface area contributed by atoms with Crippen LogP contribution in [-0.2, 0) is 4.79 Å². The highest BCUT2D eigenvalue weighted by molar-refractivity contribution is 6.38. The Morgan fingerprint density at radius 2 is 1.95 bits per heavy atom. The predicted octanol–water partition coefficient (Wildman–Crippen LogP) is 2.95. The van der Waals surface area contributed by atoms with Gasteiger partial charge in [-0.05, 0) is 24.3 Å². The fourth-order valence-corrected chi connectivity index (χ4v) is 2.52. The highest BCUT2D eigenvalue weighted by Crippen LogP contribution is 2.34. The number of hydrogen-bond acceptors (Lipinski definition) is 2. The Balaban J connectivity index is 1.93. The second-order valence-corrected chi connectivity index (χ2v) is 5.37. The lowest BCUT2D eigenvalue weighted by atomic mass is 10.0. The van der Waals surface area contributed by atoms with Gasteiger partial charge < -0.3 is 4.90 Å². The van der Waals surface area contributed by atoms with Crippen molar-refractivity contribution in [3.05, 3.63) is 48.0 Å². The van der Waals surface area contributed by atoms with E-state index in [-0.39, 0.29) is 17.7 Å². The average Bonchev–Trinajstić information content (AvgIpc) is 3.26. The maximum Gasteiger partial charge on any atom is 0.268 e. The Bertz CT molecular complexity index is 517. The molecule has 1 aliphatic carbocycles. The third-order valence-electron chi connectivity index (χ3n) is 3.79. The molecule has 3 nitrogen and oxygen atoms in total. The van der Waals surface area contributed by atoms with Gasteiger partial charge in [0.2, 0.25) is 0 Å². The van der Waals surface area contributed by atoms with Crippen LogP contribution in [0.4, 0.5) is 0 Å². The lowest BCUT2D eigenvalue weighted by Crippen LogP contribution is -2.38. The monoisotopic (exact) mass is 254 g/mol. The third kappa shape index (κ3) is 2.60. The molecule has 1 fully saturated rings. The summed E-state index contributed by atoms with van der Waals surface area (Å²) >= 11 is 0. The number of rotatable bonds is 3. The Hall–Kier alpha value is -1.90. The number of carbonyl (C=O) groups excluding carboxylic acids is 1. The van der Waals surface area contributed by atoms with E-state index < -0.39 is 0 Å². The molecule has 1 atom stereocenters. The molecule has 1 N–H and O–H groups in total. The van der Waals surface area contributed by atoms with Gasteiger partial charge in [-0.1, -0.05) is 42.5 Å². The van der Waals surface area contributed by atoms with Gasteiger partial charge in [-0.15, -0.1) is 0 Å². The molecule has 98 valence electrons. The van der Waals surface area contributed by atoms with Gasteiger partial charge >= 0.3 is 0 Å². The summed E-state index contributed by atoms with van der Waals surface area (Å²) in [5.41, 5.74) is 1.33. The largest absolute Gasteiger partial charge is 0.327 e. The van der Waals surface area contributed by atoms with Gasteiger partial charge in [-0.25, -0.2) is 0 Å². The lowest BCUT2D eigenvalue weighted by molar-refractivity contribution is -0.125. The zero-order valence-electron chi connectivity index (χ0n) is 10.9. The number of benzene rings is 1. The first kappa shape index (κ1) is 12.2. The first-order valence-corrected chi connectivity index (χ1v) is 6.85. The number of carbonyl (C=O) groups is 1. The minimum absolute atomic E-state index is 0.0165. The summed E-state index contributed by atoms with van der Waals surface area (Å²) in [6.07, 6.45) is 6.88. The second-order valence-electron chi connectivity index (χ2n) is 5.37. The maximum atomic E-state index is 12.4. The lowest BCUT2D eigenvalue weighted by Gasteiger charge is -2.29. The summed E-state index contributed by atoms with van der Waals surface area (Å²) in [6.45, 7) is 0.783. The van der Waals surface area contributed by atoms with E-state index in [2.05, 4.69) is 18.2 Å². The van der Waals surface area contributed by atoms with E-state index in [0.717, 1.165) is 12.1 Å². The molecule has 1 aliphatic heterocycles.